The first-order valence-electron chi connectivity index (χ1n) is 11.3. The maximum atomic E-state index is 14.1. The Kier molecular flexibility index (Phi) is 6.50. The van der Waals surface area contributed by atoms with Crippen molar-refractivity contribution >= 4 is 33.2 Å². The predicted octanol–water partition coefficient (Wildman–Crippen LogP) is 4.61. The molecular formula is C26H22FN5O3S. The highest BCUT2D eigenvalue weighted by Gasteiger charge is 2.19. The molecule has 1 aliphatic rings. The number of aromatic carboxylic acids is 1. The van der Waals surface area contributed by atoms with Gasteiger partial charge in [0.2, 0.25) is 5.88 Å². The molecular weight excluding hydrogens is 481 g/mol. The minimum absolute atomic E-state index is 0.0237. The molecule has 36 heavy (non-hydrogen) atoms. The summed E-state index contributed by atoms with van der Waals surface area (Å²) in [5, 5.41) is 18.1. The second kappa shape index (κ2) is 9.89. The largest absolute Gasteiger partial charge is 0.477 e. The van der Waals surface area contributed by atoms with E-state index in [2.05, 4.69) is 20.9 Å². The van der Waals surface area contributed by atoms with Gasteiger partial charge in [-0.3, -0.25) is 4.90 Å². The van der Waals surface area contributed by atoms with E-state index in [4.69, 9.17) is 10.00 Å². The maximum Gasteiger partial charge on any atom is 0.346 e. The highest BCUT2D eigenvalue weighted by Crippen LogP contribution is 2.28. The fraction of sp³-hybridized carbons (Fsp3) is 0.231. The van der Waals surface area contributed by atoms with Crippen molar-refractivity contribution in [3.05, 3.63) is 81.9 Å². The second-order valence-electron chi connectivity index (χ2n) is 8.48. The zero-order valence-corrected chi connectivity index (χ0v) is 20.3. The Labute approximate surface area is 210 Å². The lowest BCUT2D eigenvalue weighted by Crippen LogP contribution is -2.29. The number of thiophene rings is 1. The molecule has 182 valence electrons. The minimum Gasteiger partial charge on any atom is -0.477 e. The summed E-state index contributed by atoms with van der Waals surface area (Å²) in [6.07, 6.45) is 2.95. The average molecular weight is 504 g/mol. The molecule has 0 saturated heterocycles. The van der Waals surface area contributed by atoms with Gasteiger partial charge in [-0.2, -0.15) is 5.26 Å². The molecule has 10 heteroatoms. The molecule has 8 nitrogen and oxygen atoms in total. The smallest absolute Gasteiger partial charge is 0.346 e. The number of ether oxygens (including phenoxy) is 1. The van der Waals surface area contributed by atoms with Crippen molar-refractivity contribution in [1.82, 2.24) is 19.4 Å². The lowest BCUT2D eigenvalue weighted by atomic mass is 10.0. The van der Waals surface area contributed by atoms with Gasteiger partial charge in [-0.05, 0) is 36.3 Å². The minimum atomic E-state index is -0.933. The number of aromatic nitrogens is 3. The lowest BCUT2D eigenvalue weighted by molar-refractivity contribution is 0.0702. The Morgan fingerprint density at radius 2 is 2.14 bits per heavy atom. The van der Waals surface area contributed by atoms with Crippen molar-refractivity contribution in [2.24, 2.45) is 7.05 Å². The van der Waals surface area contributed by atoms with Crippen LogP contribution < -0.4 is 4.74 Å². The number of fused-ring (bicyclic) bond motifs is 1. The Morgan fingerprint density at radius 3 is 2.83 bits per heavy atom. The van der Waals surface area contributed by atoms with Crippen molar-refractivity contribution in [3.8, 4) is 11.9 Å². The Hall–Kier alpha value is -4.07. The topological polar surface area (TPSA) is 104 Å². The van der Waals surface area contributed by atoms with Crippen LogP contribution >= 0.6 is 11.3 Å². The van der Waals surface area contributed by atoms with E-state index in [1.165, 1.54) is 17.4 Å². The van der Waals surface area contributed by atoms with Crippen LogP contribution in [0.1, 0.15) is 38.7 Å². The van der Waals surface area contributed by atoms with Crippen LogP contribution in [-0.2, 0) is 20.2 Å². The summed E-state index contributed by atoms with van der Waals surface area (Å²) in [5.41, 5.74) is 3.29. The quantitative estimate of drug-likeness (QED) is 0.393. The molecule has 0 spiro atoms. The van der Waals surface area contributed by atoms with E-state index in [1.54, 1.807) is 24.3 Å². The average Bonchev–Trinajstić information content (AvgIpc) is 3.43. The summed E-state index contributed by atoms with van der Waals surface area (Å²) in [6, 6.07) is 13.4. The standard InChI is InChI=1S/C26H22FN5O3S/c1-31-23(29-21-12-22(26(33)34)36-25(21)31)14-32-9-7-17(8-10-32)20-3-2-4-24(30-20)35-15-18-6-5-16(13-28)11-19(18)27/h2-7,11-12H,8-10,14-15H2,1H3,(H,33,34). The van der Waals surface area contributed by atoms with Gasteiger partial charge < -0.3 is 14.4 Å². The number of nitriles is 1. The number of hydrogen-bond acceptors (Lipinski definition) is 7. The van der Waals surface area contributed by atoms with Gasteiger partial charge >= 0.3 is 5.97 Å². The van der Waals surface area contributed by atoms with E-state index in [1.807, 2.05) is 29.8 Å². The number of aryl methyl sites for hydroxylation is 1. The van der Waals surface area contributed by atoms with E-state index in [0.29, 0.717) is 28.4 Å². The number of rotatable bonds is 7. The molecule has 0 bridgehead atoms. The van der Waals surface area contributed by atoms with Crippen LogP contribution in [0.15, 0.2) is 48.5 Å². The number of pyridine rings is 1. The number of imidazole rings is 1. The normalized spacial score (nSPS) is 14.0. The number of halogens is 1. The third-order valence-corrected chi connectivity index (χ3v) is 7.30. The number of benzene rings is 1. The van der Waals surface area contributed by atoms with Gasteiger partial charge in [0.1, 0.15) is 33.5 Å². The van der Waals surface area contributed by atoms with Crippen LogP contribution in [0, 0.1) is 17.1 Å². The van der Waals surface area contributed by atoms with Crippen LogP contribution in [0.5, 0.6) is 5.88 Å². The molecule has 1 aromatic carbocycles. The molecule has 0 unspecified atom stereocenters. The number of carbonyl (C=O) groups is 1. The van der Waals surface area contributed by atoms with E-state index < -0.39 is 11.8 Å². The third-order valence-electron chi connectivity index (χ3n) is 6.11. The maximum absolute atomic E-state index is 14.1. The molecule has 0 amide bonds. The van der Waals surface area contributed by atoms with Crippen LogP contribution in [0.2, 0.25) is 0 Å². The first-order valence-corrected chi connectivity index (χ1v) is 12.1. The van der Waals surface area contributed by atoms with E-state index in [0.717, 1.165) is 41.4 Å². The molecule has 1 N–H and O–H groups in total. The fourth-order valence-electron chi connectivity index (χ4n) is 4.12. The van der Waals surface area contributed by atoms with E-state index in [9.17, 15) is 14.3 Å². The summed E-state index contributed by atoms with van der Waals surface area (Å²) in [4.78, 5) is 23.9. The first-order chi connectivity index (χ1) is 17.4. The summed E-state index contributed by atoms with van der Waals surface area (Å²) in [7, 11) is 1.91. The predicted molar refractivity (Wildman–Crippen MR) is 133 cm³/mol. The molecule has 3 aromatic heterocycles. The fourth-order valence-corrected chi connectivity index (χ4v) is 5.03. The molecule has 1 aliphatic heterocycles. The molecule has 0 radical (unpaired) electrons. The zero-order chi connectivity index (χ0) is 25.2. The summed E-state index contributed by atoms with van der Waals surface area (Å²) < 4.78 is 21.8. The van der Waals surface area contributed by atoms with Crippen LogP contribution in [-0.4, -0.2) is 43.6 Å². The van der Waals surface area contributed by atoms with Crippen molar-refractivity contribution < 1.29 is 19.0 Å². The van der Waals surface area contributed by atoms with Crippen LogP contribution in [0.3, 0.4) is 0 Å². The van der Waals surface area contributed by atoms with Gasteiger partial charge in [-0.15, -0.1) is 11.3 Å². The zero-order valence-electron chi connectivity index (χ0n) is 19.4. The third kappa shape index (κ3) is 4.84. The van der Waals surface area contributed by atoms with Crippen molar-refractivity contribution in [3.63, 3.8) is 0 Å². The second-order valence-corrected chi connectivity index (χ2v) is 9.51. The number of hydrogen-bond donors (Lipinski definition) is 1. The van der Waals surface area contributed by atoms with E-state index in [-0.39, 0.29) is 12.2 Å². The summed E-state index contributed by atoms with van der Waals surface area (Å²) in [6.45, 7) is 2.25. The number of carboxylic acids is 1. The summed E-state index contributed by atoms with van der Waals surface area (Å²) >= 11 is 1.24. The number of nitrogens with zero attached hydrogens (tertiary/aromatic N) is 5. The molecule has 0 saturated carbocycles. The molecule has 4 aromatic rings. The lowest BCUT2D eigenvalue weighted by Gasteiger charge is -2.25. The molecule has 4 heterocycles. The SMILES string of the molecule is Cn1c(CN2CC=C(c3cccc(OCc4ccc(C#N)cc4F)n3)CC2)nc2cc(C(=O)O)sc21. The van der Waals surface area contributed by atoms with Crippen molar-refractivity contribution in [1.29, 1.82) is 5.26 Å². The van der Waals surface area contributed by atoms with E-state index >= 15 is 0 Å². The van der Waals surface area contributed by atoms with Gasteiger partial charge in [-0.1, -0.05) is 18.2 Å². The summed E-state index contributed by atoms with van der Waals surface area (Å²) in [5.74, 6) is -0.102. The van der Waals surface area contributed by atoms with Gasteiger partial charge in [0.25, 0.3) is 0 Å². The Bertz CT molecular complexity index is 1530. The Balaban J connectivity index is 1.22. The van der Waals surface area contributed by atoms with Gasteiger partial charge in [0.05, 0.1) is 23.9 Å². The van der Waals surface area contributed by atoms with Gasteiger partial charge in [-0.25, -0.2) is 19.2 Å². The molecule has 0 aliphatic carbocycles. The Morgan fingerprint density at radius 1 is 1.28 bits per heavy atom. The van der Waals surface area contributed by atoms with Crippen LogP contribution in [0.4, 0.5) is 4.39 Å². The van der Waals surface area contributed by atoms with Crippen molar-refractivity contribution in [2.75, 3.05) is 13.1 Å². The van der Waals surface area contributed by atoms with Gasteiger partial charge in [0.15, 0.2) is 0 Å². The van der Waals surface area contributed by atoms with Crippen molar-refractivity contribution in [2.45, 2.75) is 19.6 Å². The first kappa shape index (κ1) is 23.7. The molecule has 0 atom stereocenters. The molecule has 5 rings (SSSR count). The van der Waals surface area contributed by atoms with Gasteiger partial charge in [0, 0.05) is 31.8 Å². The van der Waals surface area contributed by atoms with Crippen LogP contribution in [0.25, 0.3) is 15.9 Å². The molecule has 0 fully saturated rings. The highest BCUT2D eigenvalue weighted by molar-refractivity contribution is 7.20. The monoisotopic (exact) mass is 503 g/mol. The number of carboxylic acid groups (broad SMARTS) is 1. The highest BCUT2D eigenvalue weighted by atomic mass is 32.1.